The van der Waals surface area contributed by atoms with Crippen LogP contribution < -0.4 is 5.32 Å². The lowest BCUT2D eigenvalue weighted by molar-refractivity contribution is -0.135. The molecule has 0 saturated carbocycles. The standard InChI is InChI=1S/C27H41NO8/c1-17(14-18(2)27(35)22(36-4)12-7-5-6-8-13-25(32)33)26(34)19(3)21(29)11-9-10-20-15-23(30)28-24(31)16-20/h7-8,12-14,18-20,22,26-27,34-35H,5-6,9-11,15-16H2,1-4H3,(H,32,33)(H,28,30,31)/b12-7+,13-8+,17-14+/t18-,19-,22-,26-,27-/m1/s1. The van der Waals surface area contributed by atoms with Crippen molar-refractivity contribution in [3.63, 3.8) is 0 Å². The zero-order chi connectivity index (χ0) is 27.3. The number of nitrogens with one attached hydrogen (secondary N) is 1. The lowest BCUT2D eigenvalue weighted by Gasteiger charge is -2.25. The fourth-order valence-corrected chi connectivity index (χ4v) is 4.27. The molecule has 1 aliphatic rings. The van der Waals surface area contributed by atoms with Crippen molar-refractivity contribution in [2.75, 3.05) is 7.11 Å². The van der Waals surface area contributed by atoms with Crippen LogP contribution in [-0.2, 0) is 23.9 Å². The molecule has 36 heavy (non-hydrogen) atoms. The number of carbonyl (C=O) groups is 4. The molecule has 1 heterocycles. The van der Waals surface area contributed by atoms with E-state index < -0.39 is 30.2 Å². The number of ketones is 1. The molecule has 1 fully saturated rings. The van der Waals surface area contributed by atoms with Gasteiger partial charge in [-0.05, 0) is 44.1 Å². The summed E-state index contributed by atoms with van der Waals surface area (Å²) < 4.78 is 5.37. The predicted molar refractivity (Wildman–Crippen MR) is 135 cm³/mol. The highest BCUT2D eigenvalue weighted by Crippen LogP contribution is 2.23. The average molecular weight is 508 g/mol. The quantitative estimate of drug-likeness (QED) is 0.108. The van der Waals surface area contributed by atoms with Gasteiger partial charge in [-0.3, -0.25) is 19.7 Å². The van der Waals surface area contributed by atoms with Gasteiger partial charge in [0.2, 0.25) is 11.8 Å². The molecule has 1 aliphatic heterocycles. The van der Waals surface area contributed by atoms with Crippen LogP contribution in [-0.4, -0.2) is 64.3 Å². The number of hydrogen-bond donors (Lipinski definition) is 4. The maximum atomic E-state index is 12.6. The monoisotopic (exact) mass is 507 g/mol. The Morgan fingerprint density at radius 2 is 1.72 bits per heavy atom. The molecule has 0 aromatic rings. The lowest BCUT2D eigenvalue weighted by atomic mass is 9.87. The Labute approximate surface area is 213 Å². The van der Waals surface area contributed by atoms with Gasteiger partial charge in [-0.2, -0.15) is 0 Å². The minimum Gasteiger partial charge on any atom is -0.478 e. The number of carbonyl (C=O) groups excluding carboxylic acids is 3. The third-order valence-corrected chi connectivity index (χ3v) is 6.47. The van der Waals surface area contributed by atoms with E-state index in [-0.39, 0.29) is 35.9 Å². The molecule has 9 nitrogen and oxygen atoms in total. The molecule has 0 aliphatic carbocycles. The first kappa shape index (κ1) is 31.4. The number of rotatable bonds is 16. The Hall–Kier alpha value is -2.62. The van der Waals surface area contributed by atoms with E-state index >= 15 is 0 Å². The van der Waals surface area contributed by atoms with Crippen molar-refractivity contribution >= 4 is 23.6 Å². The molecule has 0 bridgehead atoms. The van der Waals surface area contributed by atoms with E-state index in [1.807, 2.05) is 6.08 Å². The van der Waals surface area contributed by atoms with E-state index in [1.54, 1.807) is 39.0 Å². The Bertz CT molecular complexity index is 831. The number of carboxylic acids is 1. The van der Waals surface area contributed by atoms with E-state index in [2.05, 4.69) is 5.32 Å². The van der Waals surface area contributed by atoms with Crippen LogP contribution in [0.15, 0.2) is 36.0 Å². The molecule has 2 amide bonds. The van der Waals surface area contributed by atoms with Gasteiger partial charge in [0.25, 0.3) is 0 Å². The summed E-state index contributed by atoms with van der Waals surface area (Å²) in [4.78, 5) is 46.0. The number of methoxy groups -OCH3 is 1. The van der Waals surface area contributed by atoms with Crippen molar-refractivity contribution in [1.82, 2.24) is 5.32 Å². The molecule has 1 rings (SSSR count). The highest BCUT2D eigenvalue weighted by atomic mass is 16.5. The zero-order valence-corrected chi connectivity index (χ0v) is 21.7. The molecule has 0 unspecified atom stereocenters. The Morgan fingerprint density at radius 1 is 1.11 bits per heavy atom. The van der Waals surface area contributed by atoms with Gasteiger partial charge >= 0.3 is 5.97 Å². The maximum Gasteiger partial charge on any atom is 0.327 e. The third kappa shape index (κ3) is 11.4. The van der Waals surface area contributed by atoms with Crippen LogP contribution in [0.3, 0.4) is 0 Å². The molecule has 0 spiro atoms. The second-order valence-corrected chi connectivity index (χ2v) is 9.54. The fourth-order valence-electron chi connectivity index (χ4n) is 4.27. The molecule has 5 atom stereocenters. The number of carboxylic acid groups (broad SMARTS) is 1. The summed E-state index contributed by atoms with van der Waals surface area (Å²) >= 11 is 0. The molecule has 0 aromatic carbocycles. The molecular formula is C27H41NO8. The van der Waals surface area contributed by atoms with Gasteiger partial charge in [-0.25, -0.2) is 4.79 Å². The van der Waals surface area contributed by atoms with E-state index in [0.717, 1.165) is 6.08 Å². The van der Waals surface area contributed by atoms with Crippen LogP contribution in [0.5, 0.6) is 0 Å². The summed E-state index contributed by atoms with van der Waals surface area (Å²) in [5, 5.41) is 32.3. The summed E-state index contributed by atoms with van der Waals surface area (Å²) in [5.41, 5.74) is 0.578. The van der Waals surface area contributed by atoms with Crippen LogP contribution in [0.25, 0.3) is 0 Å². The maximum absolute atomic E-state index is 12.6. The van der Waals surface area contributed by atoms with Crippen LogP contribution in [0.2, 0.25) is 0 Å². The van der Waals surface area contributed by atoms with Crippen LogP contribution in [0.1, 0.15) is 65.7 Å². The van der Waals surface area contributed by atoms with E-state index in [1.165, 1.54) is 7.11 Å². The number of amides is 2. The first-order chi connectivity index (χ1) is 17.0. The lowest BCUT2D eigenvalue weighted by Crippen LogP contribution is -2.38. The number of piperidine rings is 1. The number of Topliss-reactive ketones (excluding diaryl/α,β-unsaturated/α-hetero) is 1. The van der Waals surface area contributed by atoms with Gasteiger partial charge in [0.1, 0.15) is 11.9 Å². The minimum absolute atomic E-state index is 0.0489. The van der Waals surface area contributed by atoms with Gasteiger partial charge < -0.3 is 20.1 Å². The smallest absolute Gasteiger partial charge is 0.327 e. The Balaban J connectivity index is 2.57. The van der Waals surface area contributed by atoms with Gasteiger partial charge in [-0.1, -0.05) is 38.2 Å². The van der Waals surface area contributed by atoms with Crippen molar-refractivity contribution in [2.24, 2.45) is 17.8 Å². The molecule has 1 saturated heterocycles. The predicted octanol–water partition coefficient (Wildman–Crippen LogP) is 2.71. The van der Waals surface area contributed by atoms with Gasteiger partial charge in [0.05, 0.1) is 12.2 Å². The topological polar surface area (TPSA) is 150 Å². The number of allylic oxidation sites excluding steroid dienone is 2. The van der Waals surface area contributed by atoms with Crippen molar-refractivity contribution in [2.45, 2.75) is 84.0 Å². The molecule has 4 N–H and O–H groups in total. The SMILES string of the molecule is CO[C@H](/C=C/CC/C=C/C(=O)O)[C@H](O)[C@H](C)/C=C(\C)[C@@H](O)[C@H](C)C(=O)CCCC1CC(=O)NC(=O)C1. The van der Waals surface area contributed by atoms with E-state index in [9.17, 15) is 29.4 Å². The van der Waals surface area contributed by atoms with Crippen molar-refractivity contribution in [1.29, 1.82) is 0 Å². The van der Waals surface area contributed by atoms with E-state index in [0.29, 0.717) is 44.1 Å². The summed E-state index contributed by atoms with van der Waals surface area (Å²) in [6.45, 7) is 5.18. The number of imide groups is 1. The Kier molecular flexibility index (Phi) is 14.1. The largest absolute Gasteiger partial charge is 0.478 e. The average Bonchev–Trinajstić information content (AvgIpc) is 2.81. The number of ether oxygens (including phenoxy) is 1. The first-order valence-corrected chi connectivity index (χ1v) is 12.4. The summed E-state index contributed by atoms with van der Waals surface area (Å²) in [7, 11) is 1.48. The Morgan fingerprint density at radius 3 is 2.31 bits per heavy atom. The van der Waals surface area contributed by atoms with Gasteiger partial charge in [-0.15, -0.1) is 0 Å². The number of aliphatic hydroxyl groups excluding tert-OH is 2. The van der Waals surface area contributed by atoms with E-state index in [4.69, 9.17) is 9.84 Å². The van der Waals surface area contributed by atoms with Crippen LogP contribution in [0, 0.1) is 17.8 Å². The minimum atomic E-state index is -0.994. The van der Waals surface area contributed by atoms with Crippen molar-refractivity contribution < 1.29 is 39.2 Å². The van der Waals surface area contributed by atoms with Crippen LogP contribution >= 0.6 is 0 Å². The summed E-state index contributed by atoms with van der Waals surface area (Å²) in [6.07, 6.45) is 8.60. The number of aliphatic hydroxyl groups is 2. The molecule has 0 aromatic heterocycles. The molecule has 0 radical (unpaired) electrons. The zero-order valence-electron chi connectivity index (χ0n) is 21.7. The molecule has 202 valence electrons. The van der Waals surface area contributed by atoms with Gasteiger partial charge in [0.15, 0.2) is 0 Å². The normalized spacial score (nSPS) is 19.8. The highest BCUT2D eigenvalue weighted by molar-refractivity contribution is 5.97. The summed E-state index contributed by atoms with van der Waals surface area (Å²) in [5.74, 6) is -2.68. The fraction of sp³-hybridized carbons (Fsp3) is 0.630. The second kappa shape index (κ2) is 16.2. The molecule has 9 heteroatoms. The van der Waals surface area contributed by atoms with Gasteiger partial charge in [0, 0.05) is 44.3 Å². The third-order valence-electron chi connectivity index (χ3n) is 6.47. The highest BCUT2D eigenvalue weighted by Gasteiger charge is 2.27. The number of hydrogen-bond acceptors (Lipinski definition) is 7. The second-order valence-electron chi connectivity index (χ2n) is 9.54. The van der Waals surface area contributed by atoms with Crippen molar-refractivity contribution in [3.8, 4) is 0 Å². The molecular weight excluding hydrogens is 466 g/mol. The van der Waals surface area contributed by atoms with Crippen molar-refractivity contribution in [3.05, 3.63) is 36.0 Å². The summed E-state index contributed by atoms with van der Waals surface area (Å²) in [6, 6.07) is 0. The van der Waals surface area contributed by atoms with Crippen LogP contribution in [0.4, 0.5) is 0 Å². The number of unbranched alkanes of at least 4 members (excludes halogenated alkanes) is 1. The first-order valence-electron chi connectivity index (χ1n) is 12.4. The number of aliphatic carboxylic acids is 1.